The fourth-order valence-electron chi connectivity index (χ4n) is 2.76. The van der Waals surface area contributed by atoms with E-state index in [1.165, 1.54) is 32.5 Å². The normalized spacial score (nSPS) is 17.7. The van der Waals surface area contributed by atoms with Gasteiger partial charge in [0.05, 0.1) is 6.20 Å². The average Bonchev–Trinajstić information content (AvgIpc) is 2.94. The van der Waals surface area contributed by atoms with Crippen molar-refractivity contribution in [2.45, 2.75) is 32.7 Å². The summed E-state index contributed by atoms with van der Waals surface area (Å²) in [6, 6.07) is 0. The van der Waals surface area contributed by atoms with Gasteiger partial charge in [-0.3, -0.25) is 9.67 Å². The first kappa shape index (κ1) is 16.8. The fraction of sp³-hybridized carbons (Fsp3) is 0.750. The quantitative estimate of drug-likeness (QED) is 0.471. The third-order valence-corrected chi connectivity index (χ3v) is 4.26. The van der Waals surface area contributed by atoms with Crippen molar-refractivity contribution >= 4 is 5.96 Å². The number of aliphatic imine (C=N–C) groups is 1. The van der Waals surface area contributed by atoms with Gasteiger partial charge in [-0.2, -0.15) is 5.10 Å². The highest BCUT2D eigenvalue weighted by Crippen LogP contribution is 2.15. The zero-order valence-corrected chi connectivity index (χ0v) is 14.2. The van der Waals surface area contributed by atoms with Crippen LogP contribution in [0.25, 0.3) is 0 Å². The zero-order chi connectivity index (χ0) is 15.8. The molecule has 2 rings (SSSR count). The van der Waals surface area contributed by atoms with Crippen molar-refractivity contribution in [2.75, 3.05) is 33.2 Å². The summed E-state index contributed by atoms with van der Waals surface area (Å²) in [4.78, 5) is 6.83. The van der Waals surface area contributed by atoms with Gasteiger partial charge in [0.25, 0.3) is 0 Å². The number of likely N-dealkylation sites (tertiary alicyclic amines) is 1. The van der Waals surface area contributed by atoms with Crippen molar-refractivity contribution in [3.05, 3.63) is 18.0 Å². The van der Waals surface area contributed by atoms with Gasteiger partial charge in [-0.1, -0.05) is 6.92 Å². The molecular weight excluding hydrogens is 276 g/mol. The number of piperidine rings is 1. The molecule has 0 amide bonds. The number of aromatic nitrogens is 2. The van der Waals surface area contributed by atoms with E-state index in [0.717, 1.165) is 37.0 Å². The molecule has 1 aliphatic heterocycles. The highest BCUT2D eigenvalue weighted by molar-refractivity contribution is 5.79. The van der Waals surface area contributed by atoms with Crippen LogP contribution < -0.4 is 10.6 Å². The van der Waals surface area contributed by atoms with Gasteiger partial charge in [-0.25, -0.2) is 0 Å². The lowest BCUT2D eigenvalue weighted by molar-refractivity contribution is 0.191. The number of nitrogens with zero attached hydrogens (tertiary/aromatic N) is 4. The second-order valence-corrected chi connectivity index (χ2v) is 6.25. The lowest BCUT2D eigenvalue weighted by Gasteiger charge is -2.30. The van der Waals surface area contributed by atoms with Crippen LogP contribution in [0.1, 0.15) is 31.7 Å². The minimum absolute atomic E-state index is 0.748. The Hall–Kier alpha value is -1.56. The molecule has 6 nitrogen and oxygen atoms in total. The summed E-state index contributed by atoms with van der Waals surface area (Å²) in [5.41, 5.74) is 1.16. The van der Waals surface area contributed by atoms with Gasteiger partial charge in [-0.05, 0) is 44.8 Å². The lowest BCUT2D eigenvalue weighted by atomic mass is 9.99. The molecule has 2 N–H and O–H groups in total. The molecule has 124 valence electrons. The van der Waals surface area contributed by atoms with Crippen molar-refractivity contribution in [1.29, 1.82) is 0 Å². The van der Waals surface area contributed by atoms with Crippen LogP contribution in [0, 0.1) is 5.92 Å². The SMILES string of the molecule is CN=C(NCCCN1CCC(C)CC1)NCc1cnn(C)c1. The number of rotatable bonds is 6. The van der Waals surface area contributed by atoms with E-state index in [9.17, 15) is 0 Å². The van der Waals surface area contributed by atoms with Gasteiger partial charge < -0.3 is 15.5 Å². The van der Waals surface area contributed by atoms with Gasteiger partial charge in [0, 0.05) is 38.9 Å². The Bertz CT molecular complexity index is 459. The molecule has 1 aliphatic rings. The molecule has 1 fully saturated rings. The Labute approximate surface area is 134 Å². The van der Waals surface area contributed by atoms with Gasteiger partial charge >= 0.3 is 0 Å². The van der Waals surface area contributed by atoms with Crippen LogP contribution in [0.4, 0.5) is 0 Å². The Morgan fingerprint density at radius 3 is 2.77 bits per heavy atom. The molecular formula is C16H30N6. The van der Waals surface area contributed by atoms with Crippen molar-refractivity contribution in [1.82, 2.24) is 25.3 Å². The predicted octanol–water partition coefficient (Wildman–Crippen LogP) is 1.21. The van der Waals surface area contributed by atoms with Crippen LogP contribution in [0.2, 0.25) is 0 Å². The fourth-order valence-corrected chi connectivity index (χ4v) is 2.76. The molecule has 1 aromatic heterocycles. The number of hydrogen-bond acceptors (Lipinski definition) is 3. The first-order valence-corrected chi connectivity index (χ1v) is 8.31. The van der Waals surface area contributed by atoms with E-state index in [-0.39, 0.29) is 0 Å². The Morgan fingerprint density at radius 1 is 1.36 bits per heavy atom. The summed E-state index contributed by atoms with van der Waals surface area (Å²) in [5, 5.41) is 10.9. The maximum absolute atomic E-state index is 4.26. The molecule has 0 spiro atoms. The molecule has 0 bridgehead atoms. The minimum Gasteiger partial charge on any atom is -0.356 e. The maximum atomic E-state index is 4.26. The number of guanidine groups is 1. The van der Waals surface area contributed by atoms with Crippen LogP contribution in [0.3, 0.4) is 0 Å². The monoisotopic (exact) mass is 306 g/mol. The predicted molar refractivity (Wildman–Crippen MR) is 90.9 cm³/mol. The molecule has 0 saturated carbocycles. The van der Waals surface area contributed by atoms with Crippen LogP contribution in [-0.2, 0) is 13.6 Å². The van der Waals surface area contributed by atoms with Crippen molar-refractivity contribution in [3.8, 4) is 0 Å². The van der Waals surface area contributed by atoms with Crippen LogP contribution in [0.5, 0.6) is 0 Å². The Morgan fingerprint density at radius 2 is 2.14 bits per heavy atom. The summed E-state index contributed by atoms with van der Waals surface area (Å²) in [5.74, 6) is 1.76. The van der Waals surface area contributed by atoms with E-state index in [1.807, 2.05) is 31.2 Å². The summed E-state index contributed by atoms with van der Waals surface area (Å²) < 4.78 is 1.81. The number of nitrogens with one attached hydrogen (secondary N) is 2. The largest absolute Gasteiger partial charge is 0.356 e. The van der Waals surface area contributed by atoms with Crippen molar-refractivity contribution in [3.63, 3.8) is 0 Å². The Kier molecular flexibility index (Phi) is 6.71. The van der Waals surface area contributed by atoms with Gasteiger partial charge in [0.2, 0.25) is 0 Å². The molecule has 0 radical (unpaired) electrons. The van der Waals surface area contributed by atoms with Crippen molar-refractivity contribution in [2.24, 2.45) is 18.0 Å². The van der Waals surface area contributed by atoms with E-state index in [0.29, 0.717) is 0 Å². The van der Waals surface area contributed by atoms with E-state index in [4.69, 9.17) is 0 Å². The summed E-state index contributed by atoms with van der Waals surface area (Å²) >= 11 is 0. The second kappa shape index (κ2) is 8.78. The number of hydrogen-bond donors (Lipinski definition) is 2. The summed E-state index contributed by atoms with van der Waals surface area (Å²) in [7, 11) is 3.74. The van der Waals surface area contributed by atoms with Crippen LogP contribution in [0.15, 0.2) is 17.4 Å². The topological polar surface area (TPSA) is 57.5 Å². The first-order valence-electron chi connectivity index (χ1n) is 8.31. The summed E-state index contributed by atoms with van der Waals surface area (Å²) in [6.45, 7) is 7.76. The van der Waals surface area contributed by atoms with E-state index in [1.54, 1.807) is 0 Å². The average molecular weight is 306 g/mol. The van der Waals surface area contributed by atoms with E-state index >= 15 is 0 Å². The molecule has 22 heavy (non-hydrogen) atoms. The van der Waals surface area contributed by atoms with Crippen LogP contribution in [-0.4, -0.2) is 53.9 Å². The minimum atomic E-state index is 0.748. The highest BCUT2D eigenvalue weighted by Gasteiger charge is 2.14. The molecule has 0 aliphatic carbocycles. The first-order chi connectivity index (χ1) is 10.7. The Balaban J connectivity index is 1.58. The van der Waals surface area contributed by atoms with Gasteiger partial charge in [0.1, 0.15) is 0 Å². The van der Waals surface area contributed by atoms with E-state index < -0.39 is 0 Å². The molecule has 2 heterocycles. The zero-order valence-electron chi connectivity index (χ0n) is 14.2. The van der Waals surface area contributed by atoms with Crippen LogP contribution >= 0.6 is 0 Å². The lowest BCUT2D eigenvalue weighted by Crippen LogP contribution is -2.39. The molecule has 6 heteroatoms. The summed E-state index contributed by atoms with van der Waals surface area (Å²) in [6.07, 6.45) is 7.74. The molecule has 0 unspecified atom stereocenters. The molecule has 0 atom stereocenters. The van der Waals surface area contributed by atoms with Gasteiger partial charge in [0.15, 0.2) is 5.96 Å². The maximum Gasteiger partial charge on any atom is 0.191 e. The molecule has 1 aromatic rings. The van der Waals surface area contributed by atoms with Gasteiger partial charge in [-0.15, -0.1) is 0 Å². The van der Waals surface area contributed by atoms with E-state index in [2.05, 4.69) is 32.5 Å². The smallest absolute Gasteiger partial charge is 0.191 e. The molecule has 0 aromatic carbocycles. The third-order valence-electron chi connectivity index (χ3n) is 4.26. The third kappa shape index (κ3) is 5.67. The highest BCUT2D eigenvalue weighted by atomic mass is 15.2. The van der Waals surface area contributed by atoms with Crippen molar-refractivity contribution < 1.29 is 0 Å². The standard InChI is InChI=1S/C16H30N6/c1-14-5-9-22(10-6-14)8-4-7-18-16(17-2)19-11-15-12-20-21(3)13-15/h12-14H,4-11H2,1-3H3,(H2,17,18,19). The molecule has 1 saturated heterocycles. The second-order valence-electron chi connectivity index (χ2n) is 6.25. The number of aryl methyl sites for hydroxylation is 1.